The molecular formula is C19H11F5O3. The fraction of sp³-hybridized carbons (Fsp3) is 0.105. The molecule has 0 bridgehead atoms. The molecule has 0 aromatic heterocycles. The highest BCUT2D eigenvalue weighted by molar-refractivity contribution is 5.96. The predicted octanol–water partition coefficient (Wildman–Crippen LogP) is 5.15. The van der Waals surface area contributed by atoms with Crippen LogP contribution < -0.4 is 9.47 Å². The minimum atomic E-state index is -1.64. The van der Waals surface area contributed by atoms with Crippen molar-refractivity contribution >= 4 is 16.7 Å². The molecule has 3 aromatic rings. The Balaban J connectivity index is 1.94. The van der Waals surface area contributed by atoms with Gasteiger partial charge in [-0.3, -0.25) is 0 Å². The Morgan fingerprint density at radius 2 is 1.56 bits per heavy atom. The molecule has 0 radical (unpaired) electrons. The van der Waals surface area contributed by atoms with Gasteiger partial charge in [0.05, 0.1) is 12.2 Å². The molecule has 0 aliphatic carbocycles. The molecule has 140 valence electrons. The third kappa shape index (κ3) is 3.55. The quantitative estimate of drug-likeness (QED) is 0.271. The smallest absolute Gasteiger partial charge is 0.343 e. The summed E-state index contributed by atoms with van der Waals surface area (Å²) < 4.78 is 77.9. The van der Waals surface area contributed by atoms with Crippen LogP contribution in [0.3, 0.4) is 0 Å². The van der Waals surface area contributed by atoms with Crippen molar-refractivity contribution in [3.05, 3.63) is 71.0 Å². The number of carbonyl (C=O) groups is 1. The lowest BCUT2D eigenvalue weighted by Crippen LogP contribution is -2.11. The number of carbonyl (C=O) groups excluding carboxylic acids is 1. The van der Waals surface area contributed by atoms with E-state index in [4.69, 9.17) is 9.47 Å². The van der Waals surface area contributed by atoms with Gasteiger partial charge in [0.2, 0.25) is 5.75 Å². The maximum Gasteiger partial charge on any atom is 0.343 e. The van der Waals surface area contributed by atoms with Crippen LogP contribution in [0.4, 0.5) is 22.0 Å². The van der Waals surface area contributed by atoms with Crippen LogP contribution in [0.25, 0.3) is 10.8 Å². The molecule has 0 saturated heterocycles. The Kier molecular flexibility index (Phi) is 4.98. The molecule has 0 heterocycles. The van der Waals surface area contributed by atoms with Gasteiger partial charge < -0.3 is 9.47 Å². The zero-order valence-electron chi connectivity index (χ0n) is 13.8. The SMILES string of the molecule is CCOc1cc(F)c(OC(=O)c2ccc3c(F)c(F)c(F)cc3c2)c(F)c1. The third-order valence-electron chi connectivity index (χ3n) is 3.69. The van der Waals surface area contributed by atoms with Gasteiger partial charge in [-0.1, -0.05) is 6.07 Å². The van der Waals surface area contributed by atoms with Crippen molar-refractivity contribution in [1.82, 2.24) is 0 Å². The van der Waals surface area contributed by atoms with Crippen LogP contribution in [0.15, 0.2) is 36.4 Å². The summed E-state index contributed by atoms with van der Waals surface area (Å²) in [5.74, 6) is -8.99. The average molecular weight is 382 g/mol. The Labute approximate surface area is 149 Å². The minimum absolute atomic E-state index is 0.0778. The number of hydrogen-bond donors (Lipinski definition) is 0. The van der Waals surface area contributed by atoms with Crippen LogP contribution in [0.2, 0.25) is 0 Å². The Morgan fingerprint density at radius 3 is 2.19 bits per heavy atom. The second kappa shape index (κ2) is 7.22. The van der Waals surface area contributed by atoms with Gasteiger partial charge in [-0.05, 0) is 30.5 Å². The van der Waals surface area contributed by atoms with Crippen molar-refractivity contribution in [1.29, 1.82) is 0 Å². The predicted molar refractivity (Wildman–Crippen MR) is 86.3 cm³/mol. The molecule has 0 unspecified atom stereocenters. The molecule has 3 nitrogen and oxygen atoms in total. The van der Waals surface area contributed by atoms with Gasteiger partial charge in [-0.2, -0.15) is 0 Å². The van der Waals surface area contributed by atoms with Gasteiger partial charge >= 0.3 is 5.97 Å². The lowest BCUT2D eigenvalue weighted by molar-refractivity contribution is 0.0720. The second-order valence-electron chi connectivity index (χ2n) is 5.46. The van der Waals surface area contributed by atoms with Gasteiger partial charge in [0, 0.05) is 17.5 Å². The first-order chi connectivity index (χ1) is 12.8. The first-order valence-corrected chi connectivity index (χ1v) is 7.73. The van der Waals surface area contributed by atoms with Crippen LogP contribution in [-0.4, -0.2) is 12.6 Å². The van der Waals surface area contributed by atoms with Gasteiger partial charge in [-0.25, -0.2) is 26.7 Å². The van der Waals surface area contributed by atoms with Crippen molar-refractivity contribution in [2.75, 3.05) is 6.61 Å². The molecule has 0 aliphatic rings. The van der Waals surface area contributed by atoms with Crippen LogP contribution >= 0.6 is 0 Å². The summed E-state index contributed by atoms with van der Waals surface area (Å²) in [4.78, 5) is 12.2. The van der Waals surface area contributed by atoms with Crippen molar-refractivity contribution in [2.24, 2.45) is 0 Å². The maximum atomic E-state index is 14.0. The van der Waals surface area contributed by atoms with Crippen molar-refractivity contribution in [3.63, 3.8) is 0 Å². The summed E-state index contributed by atoms with van der Waals surface area (Å²) in [5, 5.41) is -0.377. The van der Waals surface area contributed by atoms with E-state index in [9.17, 15) is 26.7 Å². The molecular weight excluding hydrogens is 371 g/mol. The largest absolute Gasteiger partial charge is 0.494 e. The molecule has 0 spiro atoms. The van der Waals surface area contributed by atoms with E-state index in [2.05, 4.69) is 0 Å². The number of hydrogen-bond acceptors (Lipinski definition) is 3. The summed E-state index contributed by atoms with van der Waals surface area (Å²) in [6, 6.07) is 5.52. The molecule has 0 amide bonds. The van der Waals surface area contributed by atoms with Crippen molar-refractivity contribution in [2.45, 2.75) is 6.92 Å². The Morgan fingerprint density at radius 1 is 0.889 bits per heavy atom. The fourth-order valence-corrected chi connectivity index (χ4v) is 2.47. The number of esters is 1. The van der Waals surface area contributed by atoms with Gasteiger partial charge in [0.25, 0.3) is 0 Å². The lowest BCUT2D eigenvalue weighted by Gasteiger charge is -2.10. The molecule has 0 fully saturated rings. The lowest BCUT2D eigenvalue weighted by atomic mass is 10.1. The maximum absolute atomic E-state index is 14.0. The highest BCUT2D eigenvalue weighted by Crippen LogP contribution is 2.29. The second-order valence-corrected chi connectivity index (χ2v) is 5.46. The molecule has 0 N–H and O–H groups in total. The molecule has 8 heteroatoms. The molecule has 0 saturated carbocycles. The highest BCUT2D eigenvalue weighted by Gasteiger charge is 2.20. The van der Waals surface area contributed by atoms with E-state index in [1.54, 1.807) is 6.92 Å². The van der Waals surface area contributed by atoms with E-state index in [-0.39, 0.29) is 28.7 Å². The summed E-state index contributed by atoms with van der Waals surface area (Å²) in [6.45, 7) is 1.81. The number of halogens is 5. The van der Waals surface area contributed by atoms with Crippen molar-refractivity contribution < 1.29 is 36.2 Å². The molecule has 27 heavy (non-hydrogen) atoms. The first-order valence-electron chi connectivity index (χ1n) is 7.73. The molecule has 0 atom stereocenters. The van der Waals surface area contributed by atoms with E-state index in [0.29, 0.717) is 6.07 Å². The topological polar surface area (TPSA) is 35.5 Å². The van der Waals surface area contributed by atoms with E-state index < -0.39 is 40.8 Å². The summed E-state index contributed by atoms with van der Waals surface area (Å²) in [6.07, 6.45) is 0. The monoisotopic (exact) mass is 382 g/mol. The Bertz CT molecular complexity index is 1030. The van der Waals surface area contributed by atoms with Crippen LogP contribution in [0.1, 0.15) is 17.3 Å². The average Bonchev–Trinajstić information content (AvgIpc) is 2.62. The number of rotatable bonds is 4. The number of fused-ring (bicyclic) bond motifs is 1. The summed E-state index contributed by atoms with van der Waals surface area (Å²) >= 11 is 0. The van der Waals surface area contributed by atoms with E-state index in [1.165, 1.54) is 0 Å². The van der Waals surface area contributed by atoms with E-state index in [0.717, 1.165) is 30.3 Å². The molecule has 3 rings (SSSR count). The standard InChI is InChI=1S/C19H11F5O3/c1-2-26-11-7-14(21)18(15(22)8-11)27-19(25)9-3-4-12-10(5-9)6-13(20)17(24)16(12)23/h3-8H,2H2,1H3. The first kappa shape index (κ1) is 18.6. The number of ether oxygens (including phenoxy) is 2. The third-order valence-corrected chi connectivity index (χ3v) is 3.69. The van der Waals surface area contributed by atoms with Crippen LogP contribution in [-0.2, 0) is 0 Å². The summed E-state index contributed by atoms with van der Waals surface area (Å²) in [5.41, 5.74) is -0.236. The van der Waals surface area contributed by atoms with Gasteiger partial charge in [0.15, 0.2) is 29.1 Å². The zero-order valence-corrected chi connectivity index (χ0v) is 13.8. The van der Waals surface area contributed by atoms with Gasteiger partial charge in [-0.15, -0.1) is 0 Å². The summed E-state index contributed by atoms with van der Waals surface area (Å²) in [7, 11) is 0. The normalized spacial score (nSPS) is 10.9. The Hall–Kier alpha value is -3.16. The van der Waals surface area contributed by atoms with Crippen molar-refractivity contribution in [3.8, 4) is 11.5 Å². The zero-order chi connectivity index (χ0) is 19.7. The van der Waals surface area contributed by atoms with Crippen LogP contribution in [0.5, 0.6) is 11.5 Å². The van der Waals surface area contributed by atoms with E-state index >= 15 is 0 Å². The minimum Gasteiger partial charge on any atom is -0.494 e. The number of benzene rings is 3. The van der Waals surface area contributed by atoms with Gasteiger partial charge in [0.1, 0.15) is 5.75 Å². The van der Waals surface area contributed by atoms with E-state index in [1.807, 2.05) is 0 Å². The molecule has 3 aromatic carbocycles. The highest BCUT2D eigenvalue weighted by atomic mass is 19.2. The molecule has 0 aliphatic heterocycles. The fourth-order valence-electron chi connectivity index (χ4n) is 2.47. The van der Waals surface area contributed by atoms with Crippen LogP contribution in [0, 0.1) is 29.1 Å².